The molecule has 5 nitrogen and oxygen atoms in total. The van der Waals surface area contributed by atoms with E-state index >= 15 is 0 Å². The van der Waals surface area contributed by atoms with Crippen LogP contribution in [0.3, 0.4) is 0 Å². The standard InChI is InChI=1S/C20H29FN4O/c1-2-22-20(23-13-15-6-5-9-17(21)12-15)24-18-10-11-25(14-18)19(26)16-7-3-4-8-16/h5-6,9,12,16,18H,2-4,7-8,10-11,13-14H2,1H3,(H2,22,23,24). The van der Waals surface area contributed by atoms with E-state index < -0.39 is 0 Å². The maximum atomic E-state index is 13.3. The monoisotopic (exact) mass is 360 g/mol. The van der Waals surface area contributed by atoms with Gasteiger partial charge in [0.25, 0.3) is 0 Å². The molecule has 1 aliphatic carbocycles. The molecule has 2 fully saturated rings. The van der Waals surface area contributed by atoms with Gasteiger partial charge < -0.3 is 15.5 Å². The molecule has 6 heteroatoms. The summed E-state index contributed by atoms with van der Waals surface area (Å²) < 4.78 is 13.3. The second kappa shape index (κ2) is 9.01. The lowest BCUT2D eigenvalue weighted by atomic mass is 10.1. The lowest BCUT2D eigenvalue weighted by Gasteiger charge is -2.21. The molecule has 1 saturated heterocycles. The van der Waals surface area contributed by atoms with Gasteiger partial charge >= 0.3 is 0 Å². The molecule has 1 aromatic carbocycles. The number of amides is 1. The third-order valence-electron chi connectivity index (χ3n) is 5.20. The number of aliphatic imine (C=N–C) groups is 1. The minimum absolute atomic E-state index is 0.214. The van der Waals surface area contributed by atoms with Crippen LogP contribution in [0.25, 0.3) is 0 Å². The van der Waals surface area contributed by atoms with Gasteiger partial charge in [-0.2, -0.15) is 0 Å². The van der Waals surface area contributed by atoms with E-state index in [1.807, 2.05) is 17.9 Å². The second-order valence-electron chi connectivity index (χ2n) is 7.22. The molecule has 1 aromatic rings. The van der Waals surface area contributed by atoms with Crippen LogP contribution in [-0.2, 0) is 11.3 Å². The predicted molar refractivity (Wildman–Crippen MR) is 101 cm³/mol. The molecule has 0 bridgehead atoms. The van der Waals surface area contributed by atoms with Crippen LogP contribution in [0, 0.1) is 11.7 Å². The van der Waals surface area contributed by atoms with Crippen molar-refractivity contribution in [3.8, 4) is 0 Å². The molecular formula is C20H29FN4O. The number of hydrogen-bond donors (Lipinski definition) is 2. The molecule has 0 aromatic heterocycles. The quantitative estimate of drug-likeness (QED) is 0.627. The maximum Gasteiger partial charge on any atom is 0.225 e. The summed E-state index contributed by atoms with van der Waals surface area (Å²) in [5.41, 5.74) is 0.840. The van der Waals surface area contributed by atoms with E-state index in [1.54, 1.807) is 6.07 Å². The predicted octanol–water partition coefficient (Wildman–Crippen LogP) is 2.67. The molecule has 3 rings (SSSR count). The van der Waals surface area contributed by atoms with Crippen LogP contribution in [0.1, 0.15) is 44.6 Å². The molecule has 1 amide bonds. The molecule has 1 saturated carbocycles. The van der Waals surface area contributed by atoms with Crippen molar-refractivity contribution in [3.63, 3.8) is 0 Å². The highest BCUT2D eigenvalue weighted by Crippen LogP contribution is 2.27. The van der Waals surface area contributed by atoms with E-state index in [4.69, 9.17) is 0 Å². The first-order valence-corrected chi connectivity index (χ1v) is 9.73. The molecule has 1 atom stereocenters. The minimum atomic E-state index is -0.243. The molecule has 26 heavy (non-hydrogen) atoms. The lowest BCUT2D eigenvalue weighted by Crippen LogP contribution is -2.45. The highest BCUT2D eigenvalue weighted by atomic mass is 19.1. The van der Waals surface area contributed by atoms with Crippen LogP contribution in [0.15, 0.2) is 29.3 Å². The molecule has 2 aliphatic rings. The van der Waals surface area contributed by atoms with Gasteiger partial charge in [-0.25, -0.2) is 9.38 Å². The summed E-state index contributed by atoms with van der Waals surface area (Å²) in [6.45, 7) is 4.75. The van der Waals surface area contributed by atoms with Gasteiger partial charge in [0.2, 0.25) is 5.91 Å². The fourth-order valence-corrected chi connectivity index (χ4v) is 3.83. The molecule has 0 spiro atoms. The van der Waals surface area contributed by atoms with Crippen molar-refractivity contribution in [3.05, 3.63) is 35.6 Å². The van der Waals surface area contributed by atoms with Crippen LogP contribution >= 0.6 is 0 Å². The van der Waals surface area contributed by atoms with Gasteiger partial charge in [-0.1, -0.05) is 25.0 Å². The summed E-state index contributed by atoms with van der Waals surface area (Å²) >= 11 is 0. The third kappa shape index (κ3) is 4.96. The number of carbonyl (C=O) groups is 1. The molecule has 1 aliphatic heterocycles. The Balaban J connectivity index is 1.54. The Hall–Kier alpha value is -2.11. The highest BCUT2D eigenvalue weighted by molar-refractivity contribution is 5.81. The molecule has 0 radical (unpaired) electrons. The SMILES string of the molecule is CCNC(=NCc1cccc(F)c1)NC1CCN(C(=O)C2CCCC2)C1. The maximum absolute atomic E-state index is 13.3. The van der Waals surface area contributed by atoms with Crippen molar-refractivity contribution < 1.29 is 9.18 Å². The van der Waals surface area contributed by atoms with E-state index in [1.165, 1.54) is 25.0 Å². The van der Waals surface area contributed by atoms with Gasteiger partial charge in [-0.05, 0) is 43.9 Å². The minimum Gasteiger partial charge on any atom is -0.357 e. The van der Waals surface area contributed by atoms with Gasteiger partial charge in [-0.3, -0.25) is 4.79 Å². The molecule has 2 N–H and O–H groups in total. The van der Waals surface area contributed by atoms with Gasteiger partial charge in [0.1, 0.15) is 5.82 Å². The van der Waals surface area contributed by atoms with Crippen molar-refractivity contribution in [1.29, 1.82) is 0 Å². The summed E-state index contributed by atoms with van der Waals surface area (Å²) in [6.07, 6.45) is 5.39. The molecule has 1 heterocycles. The average Bonchev–Trinajstić information content (AvgIpc) is 3.31. The molecule has 1 unspecified atom stereocenters. The number of halogens is 1. The Morgan fingerprint density at radius 3 is 2.85 bits per heavy atom. The highest BCUT2D eigenvalue weighted by Gasteiger charge is 2.32. The van der Waals surface area contributed by atoms with Crippen LogP contribution in [0.5, 0.6) is 0 Å². The van der Waals surface area contributed by atoms with E-state index in [0.29, 0.717) is 12.5 Å². The second-order valence-corrected chi connectivity index (χ2v) is 7.22. The fourth-order valence-electron chi connectivity index (χ4n) is 3.83. The zero-order valence-electron chi connectivity index (χ0n) is 15.5. The largest absolute Gasteiger partial charge is 0.357 e. The summed E-state index contributed by atoms with van der Waals surface area (Å²) in [5.74, 6) is 1.04. The summed E-state index contributed by atoms with van der Waals surface area (Å²) in [5, 5.41) is 6.66. The van der Waals surface area contributed by atoms with E-state index in [2.05, 4.69) is 15.6 Å². The number of rotatable bonds is 5. The number of nitrogens with one attached hydrogen (secondary N) is 2. The Kier molecular flexibility index (Phi) is 6.47. The number of nitrogens with zero attached hydrogens (tertiary/aromatic N) is 2. The van der Waals surface area contributed by atoms with Crippen molar-refractivity contribution in [2.45, 2.75) is 51.6 Å². The van der Waals surface area contributed by atoms with Crippen molar-refractivity contribution >= 4 is 11.9 Å². The van der Waals surface area contributed by atoms with Crippen molar-refractivity contribution in [2.24, 2.45) is 10.9 Å². The number of guanidine groups is 1. The topological polar surface area (TPSA) is 56.7 Å². The number of likely N-dealkylation sites (tertiary alicyclic amines) is 1. The van der Waals surface area contributed by atoms with Crippen molar-refractivity contribution in [2.75, 3.05) is 19.6 Å². The summed E-state index contributed by atoms with van der Waals surface area (Å²) in [4.78, 5) is 19.1. The number of hydrogen-bond acceptors (Lipinski definition) is 2. The van der Waals surface area contributed by atoms with Crippen LogP contribution in [0.2, 0.25) is 0 Å². The Morgan fingerprint density at radius 1 is 1.31 bits per heavy atom. The van der Waals surface area contributed by atoms with Gasteiger partial charge in [0.15, 0.2) is 5.96 Å². The first-order valence-electron chi connectivity index (χ1n) is 9.73. The van der Waals surface area contributed by atoms with Crippen LogP contribution < -0.4 is 10.6 Å². The number of benzene rings is 1. The third-order valence-corrected chi connectivity index (χ3v) is 5.20. The smallest absolute Gasteiger partial charge is 0.225 e. The normalized spacial score (nSPS) is 21.2. The average molecular weight is 360 g/mol. The van der Waals surface area contributed by atoms with E-state index in [9.17, 15) is 9.18 Å². The van der Waals surface area contributed by atoms with Gasteiger partial charge in [0.05, 0.1) is 6.54 Å². The number of carbonyl (C=O) groups excluding carboxylic acids is 1. The Morgan fingerprint density at radius 2 is 2.12 bits per heavy atom. The summed E-state index contributed by atoms with van der Waals surface area (Å²) in [7, 11) is 0. The molecular weight excluding hydrogens is 331 g/mol. The van der Waals surface area contributed by atoms with Gasteiger partial charge in [0, 0.05) is 31.6 Å². The zero-order chi connectivity index (χ0) is 18.4. The van der Waals surface area contributed by atoms with E-state index in [0.717, 1.165) is 50.4 Å². The summed E-state index contributed by atoms with van der Waals surface area (Å²) in [6, 6.07) is 6.72. The van der Waals surface area contributed by atoms with Gasteiger partial charge in [-0.15, -0.1) is 0 Å². The Labute approximate surface area is 155 Å². The first-order chi connectivity index (χ1) is 12.7. The first kappa shape index (κ1) is 18.7. The van der Waals surface area contributed by atoms with E-state index in [-0.39, 0.29) is 17.8 Å². The van der Waals surface area contributed by atoms with Crippen molar-refractivity contribution in [1.82, 2.24) is 15.5 Å². The fraction of sp³-hybridized carbons (Fsp3) is 0.600. The van der Waals surface area contributed by atoms with Crippen LogP contribution in [-0.4, -0.2) is 42.4 Å². The molecule has 142 valence electrons. The van der Waals surface area contributed by atoms with Crippen LogP contribution in [0.4, 0.5) is 4.39 Å². The Bertz CT molecular complexity index is 642. The zero-order valence-corrected chi connectivity index (χ0v) is 15.5. The lowest BCUT2D eigenvalue weighted by molar-refractivity contribution is -0.134.